The van der Waals surface area contributed by atoms with Crippen LogP contribution in [-0.4, -0.2) is 69.3 Å². The number of hydrogen-bond donors (Lipinski definition) is 0. The first-order chi connectivity index (χ1) is 11.6. The summed E-state index contributed by atoms with van der Waals surface area (Å²) in [5, 5.41) is 9.15. The number of halogens is 1. The minimum Gasteiger partial charge on any atom is -0.385 e. The summed E-state index contributed by atoms with van der Waals surface area (Å²) in [4.78, 5) is 17.8. The van der Waals surface area contributed by atoms with Crippen molar-refractivity contribution in [1.82, 2.24) is 9.80 Å². The molecule has 130 valence electrons. The molecular formula is C17H23FN4O2. The van der Waals surface area contributed by atoms with Gasteiger partial charge in [0, 0.05) is 53.5 Å². The van der Waals surface area contributed by atoms with Gasteiger partial charge in [0.2, 0.25) is 0 Å². The molecule has 1 aromatic carbocycles. The quantitative estimate of drug-likeness (QED) is 0.772. The summed E-state index contributed by atoms with van der Waals surface area (Å²) in [5.41, 5.74) is 0.659. The van der Waals surface area contributed by atoms with E-state index in [1.807, 2.05) is 11.0 Å². The normalized spacial score (nSPS) is 14.4. The Bertz CT molecular complexity index is 609. The van der Waals surface area contributed by atoms with Crippen LogP contribution in [0.4, 0.5) is 14.9 Å². The summed E-state index contributed by atoms with van der Waals surface area (Å²) in [6.07, 6.45) is 0.799. The maximum atomic E-state index is 13.7. The van der Waals surface area contributed by atoms with E-state index in [0.717, 1.165) is 6.42 Å². The number of piperazine rings is 1. The zero-order valence-corrected chi connectivity index (χ0v) is 14.2. The van der Waals surface area contributed by atoms with Gasteiger partial charge in [-0.3, -0.25) is 0 Å². The van der Waals surface area contributed by atoms with Crippen LogP contribution < -0.4 is 4.90 Å². The summed E-state index contributed by atoms with van der Waals surface area (Å²) in [6, 6.07) is 6.55. The van der Waals surface area contributed by atoms with Crippen LogP contribution in [0.25, 0.3) is 0 Å². The maximum Gasteiger partial charge on any atom is 0.319 e. The smallest absolute Gasteiger partial charge is 0.319 e. The summed E-state index contributed by atoms with van der Waals surface area (Å²) < 4.78 is 18.7. The number of ether oxygens (including phenoxy) is 1. The Morgan fingerprint density at radius 2 is 2.08 bits per heavy atom. The molecule has 0 spiro atoms. The molecule has 1 fully saturated rings. The van der Waals surface area contributed by atoms with E-state index in [9.17, 15) is 9.18 Å². The molecule has 2 rings (SSSR count). The summed E-state index contributed by atoms with van der Waals surface area (Å²) in [7, 11) is 3.42. The summed E-state index contributed by atoms with van der Waals surface area (Å²) in [6.45, 7) is 3.53. The molecule has 24 heavy (non-hydrogen) atoms. The summed E-state index contributed by atoms with van der Waals surface area (Å²) in [5.74, 6) is -0.508. The van der Waals surface area contributed by atoms with Gasteiger partial charge in [-0.2, -0.15) is 5.26 Å². The van der Waals surface area contributed by atoms with Crippen LogP contribution in [-0.2, 0) is 4.74 Å². The van der Waals surface area contributed by atoms with E-state index in [2.05, 4.69) is 0 Å². The standard InChI is InChI=1S/C17H23FN4O2/c1-20(7-4-12-24-2)17(23)22-10-8-21(9-11-22)16-6-3-5-15(18)14(16)13-19/h3,5-6H,4,7-12H2,1-2H3. The van der Waals surface area contributed by atoms with Gasteiger partial charge in [0.15, 0.2) is 0 Å². The maximum absolute atomic E-state index is 13.7. The number of hydrogen-bond acceptors (Lipinski definition) is 4. The Hall–Kier alpha value is -2.33. The highest BCUT2D eigenvalue weighted by Crippen LogP contribution is 2.23. The first-order valence-corrected chi connectivity index (χ1v) is 8.01. The van der Waals surface area contributed by atoms with E-state index in [-0.39, 0.29) is 11.6 Å². The third-order valence-corrected chi connectivity index (χ3v) is 4.16. The molecule has 1 aliphatic rings. The second kappa shape index (κ2) is 8.50. The van der Waals surface area contributed by atoms with Crippen molar-refractivity contribution < 1.29 is 13.9 Å². The van der Waals surface area contributed by atoms with Crippen molar-refractivity contribution in [1.29, 1.82) is 5.26 Å². The van der Waals surface area contributed by atoms with Crippen LogP contribution in [0.15, 0.2) is 18.2 Å². The first kappa shape index (κ1) is 18.0. The number of nitriles is 1. The first-order valence-electron chi connectivity index (χ1n) is 8.01. The van der Waals surface area contributed by atoms with Gasteiger partial charge in [0.05, 0.1) is 5.69 Å². The van der Waals surface area contributed by atoms with Crippen molar-refractivity contribution in [3.05, 3.63) is 29.6 Å². The zero-order chi connectivity index (χ0) is 17.5. The second-order valence-electron chi connectivity index (χ2n) is 5.77. The molecule has 0 unspecified atom stereocenters. The van der Waals surface area contributed by atoms with Crippen LogP contribution in [0, 0.1) is 17.1 Å². The molecule has 0 saturated carbocycles. The molecule has 1 aliphatic heterocycles. The molecule has 2 amide bonds. The molecule has 1 heterocycles. The van der Waals surface area contributed by atoms with Crippen LogP contribution in [0.2, 0.25) is 0 Å². The van der Waals surface area contributed by atoms with Crippen LogP contribution in [0.1, 0.15) is 12.0 Å². The molecule has 6 nitrogen and oxygen atoms in total. The lowest BCUT2D eigenvalue weighted by Gasteiger charge is -2.38. The monoisotopic (exact) mass is 334 g/mol. The highest BCUT2D eigenvalue weighted by atomic mass is 19.1. The van der Waals surface area contributed by atoms with Gasteiger partial charge in [0.1, 0.15) is 17.4 Å². The third-order valence-electron chi connectivity index (χ3n) is 4.16. The molecule has 0 aromatic heterocycles. The molecule has 1 saturated heterocycles. The van der Waals surface area contributed by atoms with Crippen LogP contribution >= 0.6 is 0 Å². The van der Waals surface area contributed by atoms with Gasteiger partial charge < -0.3 is 19.4 Å². The van der Waals surface area contributed by atoms with E-state index < -0.39 is 5.82 Å². The number of urea groups is 1. The number of nitrogens with zero attached hydrogens (tertiary/aromatic N) is 4. The number of rotatable bonds is 5. The lowest BCUT2D eigenvalue weighted by molar-refractivity contribution is 0.148. The van der Waals surface area contributed by atoms with E-state index in [4.69, 9.17) is 10.00 Å². The van der Waals surface area contributed by atoms with Crippen molar-refractivity contribution in [2.24, 2.45) is 0 Å². The fourth-order valence-electron chi connectivity index (χ4n) is 2.81. The number of amides is 2. The Labute approximate surface area is 142 Å². The van der Waals surface area contributed by atoms with Crippen LogP contribution in [0.3, 0.4) is 0 Å². The van der Waals surface area contributed by atoms with Crippen molar-refractivity contribution in [3.63, 3.8) is 0 Å². The van der Waals surface area contributed by atoms with E-state index >= 15 is 0 Å². The summed E-state index contributed by atoms with van der Waals surface area (Å²) >= 11 is 0. The topological polar surface area (TPSA) is 59.8 Å². The minimum atomic E-state index is -0.508. The average Bonchev–Trinajstić information content (AvgIpc) is 2.61. The molecule has 0 bridgehead atoms. The number of anilines is 1. The number of carbonyl (C=O) groups is 1. The van der Waals surface area contributed by atoms with Crippen molar-refractivity contribution >= 4 is 11.7 Å². The highest BCUT2D eigenvalue weighted by Gasteiger charge is 2.25. The third kappa shape index (κ3) is 4.15. The number of methoxy groups -OCH3 is 1. The lowest BCUT2D eigenvalue weighted by Crippen LogP contribution is -2.52. The Kier molecular flexibility index (Phi) is 6.38. The van der Waals surface area contributed by atoms with Gasteiger partial charge in [-0.1, -0.05) is 6.07 Å². The van der Waals surface area contributed by atoms with Gasteiger partial charge >= 0.3 is 6.03 Å². The highest BCUT2D eigenvalue weighted by molar-refractivity contribution is 5.74. The molecule has 0 radical (unpaired) electrons. The second-order valence-corrected chi connectivity index (χ2v) is 5.77. The van der Waals surface area contributed by atoms with E-state index in [1.165, 1.54) is 6.07 Å². The van der Waals surface area contributed by atoms with E-state index in [0.29, 0.717) is 45.0 Å². The SMILES string of the molecule is COCCCN(C)C(=O)N1CCN(c2cccc(F)c2C#N)CC1. The number of benzene rings is 1. The Balaban J connectivity index is 1.93. The molecule has 1 aromatic rings. The predicted molar refractivity (Wildman–Crippen MR) is 89.4 cm³/mol. The van der Waals surface area contributed by atoms with Crippen molar-refractivity contribution in [2.45, 2.75) is 6.42 Å². The van der Waals surface area contributed by atoms with Gasteiger partial charge in [-0.05, 0) is 18.6 Å². The fourth-order valence-corrected chi connectivity index (χ4v) is 2.81. The van der Waals surface area contributed by atoms with Crippen LogP contribution in [0.5, 0.6) is 0 Å². The Morgan fingerprint density at radius 1 is 1.38 bits per heavy atom. The predicted octanol–water partition coefficient (Wildman–Crippen LogP) is 1.91. The zero-order valence-electron chi connectivity index (χ0n) is 14.2. The minimum absolute atomic E-state index is 0.00879. The van der Waals surface area contributed by atoms with E-state index in [1.54, 1.807) is 36.1 Å². The van der Waals surface area contributed by atoms with Gasteiger partial charge in [0.25, 0.3) is 0 Å². The molecular weight excluding hydrogens is 311 g/mol. The average molecular weight is 334 g/mol. The van der Waals surface area contributed by atoms with Crippen molar-refractivity contribution in [3.8, 4) is 6.07 Å². The molecule has 0 N–H and O–H groups in total. The van der Waals surface area contributed by atoms with Gasteiger partial charge in [-0.25, -0.2) is 9.18 Å². The molecule has 7 heteroatoms. The lowest BCUT2D eigenvalue weighted by atomic mass is 10.1. The largest absolute Gasteiger partial charge is 0.385 e. The number of carbonyl (C=O) groups excluding carboxylic acids is 1. The fraction of sp³-hybridized carbons (Fsp3) is 0.529. The van der Waals surface area contributed by atoms with Crippen molar-refractivity contribution in [2.75, 3.05) is 58.4 Å². The Morgan fingerprint density at radius 3 is 2.71 bits per heavy atom. The molecule has 0 aliphatic carbocycles. The van der Waals surface area contributed by atoms with Gasteiger partial charge in [-0.15, -0.1) is 0 Å². The molecule has 0 atom stereocenters.